The number of carbonyl (C=O) groups is 3. The zero-order chi connectivity index (χ0) is 15.0. The summed E-state index contributed by atoms with van der Waals surface area (Å²) >= 11 is 0. The van der Waals surface area contributed by atoms with Crippen LogP contribution in [0.2, 0.25) is 0 Å². The molecule has 0 radical (unpaired) electrons. The van der Waals surface area contributed by atoms with Gasteiger partial charge in [0.15, 0.2) is 0 Å². The lowest BCUT2D eigenvalue weighted by molar-refractivity contribution is -0.140. The Hall–Kier alpha value is -1.69. The highest BCUT2D eigenvalue weighted by Gasteiger charge is 2.32. The average molecular weight is 281 g/mol. The molecule has 0 aromatic heterocycles. The Morgan fingerprint density at radius 3 is 2.55 bits per heavy atom. The van der Waals surface area contributed by atoms with Crippen LogP contribution >= 0.6 is 0 Å². The lowest BCUT2D eigenvalue weighted by Crippen LogP contribution is -2.52. The zero-order valence-electron chi connectivity index (χ0n) is 11.9. The second-order valence-corrected chi connectivity index (χ2v) is 5.27. The van der Waals surface area contributed by atoms with E-state index in [1.807, 2.05) is 12.2 Å². The van der Waals surface area contributed by atoms with E-state index in [1.54, 1.807) is 6.92 Å². The Bertz CT molecular complexity index is 402. The first kappa shape index (κ1) is 16.4. The average Bonchev–Trinajstić information content (AvgIpc) is 2.40. The van der Waals surface area contributed by atoms with Crippen molar-refractivity contribution in [3.05, 3.63) is 12.2 Å². The molecule has 0 fully saturated rings. The van der Waals surface area contributed by atoms with Gasteiger partial charge in [0.25, 0.3) is 5.91 Å². The SMILES string of the molecule is CC1(N)CC=CCCCCC(=O)NCCNC(=O)C1=O. The summed E-state index contributed by atoms with van der Waals surface area (Å²) in [6.45, 7) is 2.10. The third-order valence-electron chi connectivity index (χ3n) is 3.19. The summed E-state index contributed by atoms with van der Waals surface area (Å²) in [7, 11) is 0. The number of carbonyl (C=O) groups excluding carboxylic acids is 3. The molecule has 0 spiro atoms. The highest BCUT2D eigenvalue weighted by Crippen LogP contribution is 2.10. The predicted molar refractivity (Wildman–Crippen MR) is 75.8 cm³/mol. The summed E-state index contributed by atoms with van der Waals surface area (Å²) < 4.78 is 0. The molecular weight excluding hydrogens is 258 g/mol. The van der Waals surface area contributed by atoms with Crippen LogP contribution in [0.5, 0.6) is 0 Å². The molecule has 1 rings (SSSR count). The molecule has 20 heavy (non-hydrogen) atoms. The Kier molecular flexibility index (Phi) is 6.38. The quantitative estimate of drug-likeness (QED) is 0.430. The van der Waals surface area contributed by atoms with Gasteiger partial charge < -0.3 is 16.4 Å². The van der Waals surface area contributed by atoms with Crippen molar-refractivity contribution >= 4 is 17.6 Å². The van der Waals surface area contributed by atoms with Crippen molar-refractivity contribution in [1.82, 2.24) is 10.6 Å². The maximum absolute atomic E-state index is 11.9. The second kappa shape index (κ2) is 7.79. The molecule has 1 atom stereocenters. The van der Waals surface area contributed by atoms with Crippen LogP contribution in [0.15, 0.2) is 12.2 Å². The fraction of sp³-hybridized carbons (Fsp3) is 0.643. The van der Waals surface area contributed by atoms with Gasteiger partial charge in [-0.2, -0.15) is 0 Å². The molecule has 1 heterocycles. The van der Waals surface area contributed by atoms with E-state index in [4.69, 9.17) is 5.73 Å². The summed E-state index contributed by atoms with van der Waals surface area (Å²) in [6.07, 6.45) is 7.14. The number of nitrogens with one attached hydrogen (secondary N) is 2. The fourth-order valence-corrected chi connectivity index (χ4v) is 1.89. The largest absolute Gasteiger partial charge is 0.354 e. The molecule has 0 saturated heterocycles. The van der Waals surface area contributed by atoms with Gasteiger partial charge in [0.05, 0.1) is 5.54 Å². The third kappa shape index (κ3) is 5.52. The molecule has 1 aliphatic rings. The van der Waals surface area contributed by atoms with Crippen molar-refractivity contribution in [2.75, 3.05) is 13.1 Å². The van der Waals surface area contributed by atoms with Crippen molar-refractivity contribution in [3.8, 4) is 0 Å². The highest BCUT2D eigenvalue weighted by molar-refractivity contribution is 6.39. The first-order chi connectivity index (χ1) is 9.43. The normalized spacial score (nSPS) is 27.2. The van der Waals surface area contributed by atoms with Crippen LogP contribution in [0, 0.1) is 0 Å². The lowest BCUT2D eigenvalue weighted by atomic mass is 9.92. The minimum absolute atomic E-state index is 0.0342. The van der Waals surface area contributed by atoms with Crippen molar-refractivity contribution in [1.29, 1.82) is 0 Å². The maximum atomic E-state index is 11.9. The lowest BCUT2D eigenvalue weighted by Gasteiger charge is -2.20. The Labute approximate surface area is 119 Å². The molecule has 6 heteroatoms. The topological polar surface area (TPSA) is 101 Å². The second-order valence-electron chi connectivity index (χ2n) is 5.27. The molecule has 1 unspecified atom stereocenters. The summed E-state index contributed by atoms with van der Waals surface area (Å²) in [5, 5.41) is 5.16. The van der Waals surface area contributed by atoms with E-state index in [0.29, 0.717) is 19.4 Å². The molecule has 0 bridgehead atoms. The molecule has 6 nitrogen and oxygen atoms in total. The van der Waals surface area contributed by atoms with E-state index in [2.05, 4.69) is 10.6 Å². The van der Waals surface area contributed by atoms with E-state index < -0.39 is 17.2 Å². The van der Waals surface area contributed by atoms with Gasteiger partial charge in [-0.25, -0.2) is 0 Å². The summed E-state index contributed by atoms with van der Waals surface area (Å²) in [5.41, 5.74) is 4.69. The molecule has 0 aromatic rings. The number of ketones is 1. The number of hydrogen-bond donors (Lipinski definition) is 3. The molecule has 2 amide bonds. The Balaban J connectivity index is 2.65. The van der Waals surface area contributed by atoms with Crippen molar-refractivity contribution < 1.29 is 14.4 Å². The number of Topliss-reactive ketones (excluding diaryl/α,β-unsaturated/α-hetero) is 1. The maximum Gasteiger partial charge on any atom is 0.289 e. The molecule has 112 valence electrons. The van der Waals surface area contributed by atoms with Gasteiger partial charge in [-0.1, -0.05) is 12.2 Å². The summed E-state index contributed by atoms with van der Waals surface area (Å²) in [5.74, 6) is -1.37. The standard InChI is InChI=1S/C14H23N3O3/c1-14(15)8-6-4-2-3-5-7-11(18)16-9-10-17-13(20)12(14)19/h4,6H,2-3,5,7-10,15H2,1H3,(H,16,18)(H,17,20). The molecular formula is C14H23N3O3. The van der Waals surface area contributed by atoms with Crippen LogP contribution in [-0.4, -0.2) is 36.2 Å². The molecule has 0 saturated carbocycles. The minimum Gasteiger partial charge on any atom is -0.354 e. The van der Waals surface area contributed by atoms with Crippen molar-refractivity contribution in [2.45, 2.75) is 44.6 Å². The van der Waals surface area contributed by atoms with E-state index in [1.165, 1.54) is 0 Å². The minimum atomic E-state index is -1.19. The van der Waals surface area contributed by atoms with Gasteiger partial charge in [0.1, 0.15) is 0 Å². The number of rotatable bonds is 0. The van der Waals surface area contributed by atoms with Gasteiger partial charge in [-0.15, -0.1) is 0 Å². The first-order valence-corrected chi connectivity index (χ1v) is 6.97. The van der Waals surface area contributed by atoms with Gasteiger partial charge in [-0.3, -0.25) is 14.4 Å². The highest BCUT2D eigenvalue weighted by atomic mass is 16.2. The number of amides is 2. The van der Waals surface area contributed by atoms with Crippen LogP contribution in [-0.2, 0) is 14.4 Å². The predicted octanol–water partition coefficient (Wildman–Crippen LogP) is 0.0256. The fourth-order valence-electron chi connectivity index (χ4n) is 1.89. The molecule has 4 N–H and O–H groups in total. The van der Waals surface area contributed by atoms with E-state index in [0.717, 1.165) is 19.3 Å². The van der Waals surface area contributed by atoms with Crippen molar-refractivity contribution in [3.63, 3.8) is 0 Å². The Morgan fingerprint density at radius 2 is 1.80 bits per heavy atom. The third-order valence-corrected chi connectivity index (χ3v) is 3.19. The number of nitrogens with two attached hydrogens (primary N) is 1. The Morgan fingerprint density at radius 1 is 1.10 bits per heavy atom. The molecule has 1 aliphatic heterocycles. The first-order valence-electron chi connectivity index (χ1n) is 6.97. The van der Waals surface area contributed by atoms with Crippen LogP contribution in [0.25, 0.3) is 0 Å². The van der Waals surface area contributed by atoms with Crippen LogP contribution in [0.3, 0.4) is 0 Å². The summed E-state index contributed by atoms with van der Waals surface area (Å²) in [6, 6.07) is 0. The van der Waals surface area contributed by atoms with Gasteiger partial charge in [0, 0.05) is 19.5 Å². The molecule has 0 aromatic carbocycles. The van der Waals surface area contributed by atoms with Gasteiger partial charge >= 0.3 is 0 Å². The van der Waals surface area contributed by atoms with Crippen LogP contribution in [0.4, 0.5) is 0 Å². The number of hydrogen-bond acceptors (Lipinski definition) is 4. The van der Waals surface area contributed by atoms with Gasteiger partial charge in [-0.05, 0) is 32.6 Å². The number of allylic oxidation sites excluding steroid dienone is 1. The van der Waals surface area contributed by atoms with Crippen molar-refractivity contribution in [2.24, 2.45) is 5.73 Å². The van der Waals surface area contributed by atoms with Crippen LogP contribution < -0.4 is 16.4 Å². The van der Waals surface area contributed by atoms with Gasteiger partial charge in [0.2, 0.25) is 11.7 Å². The molecule has 0 aliphatic carbocycles. The van der Waals surface area contributed by atoms with E-state index in [9.17, 15) is 14.4 Å². The zero-order valence-corrected chi connectivity index (χ0v) is 11.9. The van der Waals surface area contributed by atoms with Crippen LogP contribution in [0.1, 0.15) is 39.0 Å². The van der Waals surface area contributed by atoms with E-state index >= 15 is 0 Å². The van der Waals surface area contributed by atoms with E-state index in [-0.39, 0.29) is 12.5 Å². The summed E-state index contributed by atoms with van der Waals surface area (Å²) in [4.78, 5) is 35.0. The smallest absolute Gasteiger partial charge is 0.289 e. The monoisotopic (exact) mass is 281 g/mol.